The van der Waals surface area contributed by atoms with E-state index in [9.17, 15) is 9.59 Å². The lowest BCUT2D eigenvalue weighted by atomic mass is 10.1. The number of carbonyl (C=O) groups is 2. The number of amides is 1. The second-order valence-electron chi connectivity index (χ2n) is 6.71. The zero-order chi connectivity index (χ0) is 18.5. The Labute approximate surface area is 152 Å². The Morgan fingerprint density at radius 1 is 1.19 bits per heavy atom. The van der Waals surface area contributed by atoms with Gasteiger partial charge in [0, 0.05) is 18.4 Å². The number of anilines is 1. The predicted molar refractivity (Wildman–Crippen MR) is 98.1 cm³/mol. The number of piperidine rings is 1. The molecule has 1 saturated heterocycles. The molecular formula is C19H24N4O3. The quantitative estimate of drug-likeness (QED) is 0.831. The molecule has 7 heteroatoms. The molecule has 0 aliphatic carbocycles. The Kier molecular flexibility index (Phi) is 5.68. The van der Waals surface area contributed by atoms with Gasteiger partial charge in [0.1, 0.15) is 6.04 Å². The monoisotopic (exact) mass is 356 g/mol. The third-order valence-corrected chi connectivity index (χ3v) is 4.70. The number of likely N-dealkylation sites (tertiary alicyclic amines) is 1. The van der Waals surface area contributed by atoms with Crippen LogP contribution in [0, 0.1) is 0 Å². The minimum absolute atomic E-state index is 0.0618. The summed E-state index contributed by atoms with van der Waals surface area (Å²) < 4.78 is 1.35. The van der Waals surface area contributed by atoms with E-state index in [-0.39, 0.29) is 11.5 Å². The van der Waals surface area contributed by atoms with Crippen molar-refractivity contribution in [1.29, 1.82) is 0 Å². The van der Waals surface area contributed by atoms with Crippen molar-refractivity contribution < 1.29 is 14.7 Å². The van der Waals surface area contributed by atoms with Gasteiger partial charge < -0.3 is 10.4 Å². The highest BCUT2D eigenvalue weighted by atomic mass is 16.4. The van der Waals surface area contributed by atoms with Gasteiger partial charge in [0.2, 0.25) is 5.91 Å². The molecule has 1 aliphatic heterocycles. The molecular weight excluding hydrogens is 332 g/mol. The SMILES string of the molecule is CC(C(=O)Nc1ccc(CN2CCCCC2)cc1)n1cc(C(=O)O)cn1. The average Bonchev–Trinajstić information content (AvgIpc) is 3.14. The zero-order valence-electron chi connectivity index (χ0n) is 14.9. The van der Waals surface area contributed by atoms with Crippen molar-refractivity contribution in [2.75, 3.05) is 18.4 Å². The van der Waals surface area contributed by atoms with Crippen LogP contribution in [0.2, 0.25) is 0 Å². The maximum Gasteiger partial charge on any atom is 0.338 e. The number of carbonyl (C=O) groups excluding carboxylic acids is 1. The van der Waals surface area contributed by atoms with Crippen molar-refractivity contribution in [3.05, 3.63) is 47.8 Å². The lowest BCUT2D eigenvalue weighted by Crippen LogP contribution is -2.29. The Hall–Kier alpha value is -2.67. The smallest absolute Gasteiger partial charge is 0.338 e. The molecule has 1 atom stereocenters. The van der Waals surface area contributed by atoms with Crippen LogP contribution in [0.25, 0.3) is 0 Å². The van der Waals surface area contributed by atoms with Gasteiger partial charge in [-0.2, -0.15) is 5.10 Å². The van der Waals surface area contributed by atoms with Crippen LogP contribution in [-0.2, 0) is 11.3 Å². The first-order valence-corrected chi connectivity index (χ1v) is 8.92. The van der Waals surface area contributed by atoms with E-state index in [1.807, 2.05) is 24.3 Å². The fraction of sp³-hybridized carbons (Fsp3) is 0.421. The highest BCUT2D eigenvalue weighted by Crippen LogP contribution is 2.16. The molecule has 1 amide bonds. The second kappa shape index (κ2) is 8.14. The minimum Gasteiger partial charge on any atom is -0.478 e. The summed E-state index contributed by atoms with van der Waals surface area (Å²) in [6.45, 7) is 4.92. The van der Waals surface area contributed by atoms with E-state index >= 15 is 0 Å². The van der Waals surface area contributed by atoms with Crippen molar-refractivity contribution in [1.82, 2.24) is 14.7 Å². The summed E-state index contributed by atoms with van der Waals surface area (Å²) in [4.78, 5) is 25.7. The molecule has 2 aromatic rings. The van der Waals surface area contributed by atoms with Crippen molar-refractivity contribution >= 4 is 17.6 Å². The van der Waals surface area contributed by atoms with Gasteiger partial charge in [-0.3, -0.25) is 14.4 Å². The number of carboxylic acids is 1. The van der Waals surface area contributed by atoms with Crippen LogP contribution in [0.1, 0.15) is 48.1 Å². The molecule has 1 aromatic heterocycles. The maximum absolute atomic E-state index is 12.4. The Morgan fingerprint density at radius 3 is 2.50 bits per heavy atom. The van der Waals surface area contributed by atoms with Crippen LogP contribution in [0.5, 0.6) is 0 Å². The fourth-order valence-corrected chi connectivity index (χ4v) is 3.10. The molecule has 2 heterocycles. The van der Waals surface area contributed by atoms with Crippen LogP contribution in [-0.4, -0.2) is 44.8 Å². The van der Waals surface area contributed by atoms with Gasteiger partial charge in [-0.1, -0.05) is 18.6 Å². The first-order valence-electron chi connectivity index (χ1n) is 8.92. The highest BCUT2D eigenvalue weighted by molar-refractivity contribution is 5.93. The third-order valence-electron chi connectivity index (χ3n) is 4.70. The van der Waals surface area contributed by atoms with E-state index in [4.69, 9.17) is 5.11 Å². The Bertz CT molecular complexity index is 763. The zero-order valence-corrected chi connectivity index (χ0v) is 14.9. The first kappa shape index (κ1) is 18.1. The number of aromatic carboxylic acids is 1. The lowest BCUT2D eigenvalue weighted by Gasteiger charge is -2.26. The summed E-state index contributed by atoms with van der Waals surface area (Å²) in [6.07, 6.45) is 6.45. The summed E-state index contributed by atoms with van der Waals surface area (Å²) in [5.74, 6) is -1.30. The first-order chi connectivity index (χ1) is 12.5. The summed E-state index contributed by atoms with van der Waals surface area (Å²) in [5, 5.41) is 15.7. The lowest BCUT2D eigenvalue weighted by molar-refractivity contribution is -0.119. The van der Waals surface area contributed by atoms with Crippen molar-refractivity contribution in [3.63, 3.8) is 0 Å². The van der Waals surface area contributed by atoms with Crippen LogP contribution >= 0.6 is 0 Å². The molecule has 2 N–H and O–H groups in total. The molecule has 0 radical (unpaired) electrons. The van der Waals surface area contributed by atoms with Crippen molar-refractivity contribution in [2.24, 2.45) is 0 Å². The number of rotatable bonds is 6. The third kappa shape index (κ3) is 4.49. The van der Waals surface area contributed by atoms with E-state index < -0.39 is 12.0 Å². The van der Waals surface area contributed by atoms with Crippen LogP contribution in [0.4, 0.5) is 5.69 Å². The average molecular weight is 356 g/mol. The second-order valence-corrected chi connectivity index (χ2v) is 6.71. The molecule has 0 saturated carbocycles. The number of nitrogens with zero attached hydrogens (tertiary/aromatic N) is 3. The number of nitrogens with one attached hydrogen (secondary N) is 1. The molecule has 1 aliphatic rings. The maximum atomic E-state index is 12.4. The van der Waals surface area contributed by atoms with Gasteiger partial charge >= 0.3 is 5.97 Å². The summed E-state index contributed by atoms with van der Waals surface area (Å²) in [7, 11) is 0. The number of aromatic nitrogens is 2. The molecule has 26 heavy (non-hydrogen) atoms. The largest absolute Gasteiger partial charge is 0.478 e. The molecule has 1 aromatic carbocycles. The number of hydrogen-bond donors (Lipinski definition) is 2. The molecule has 0 bridgehead atoms. The summed E-state index contributed by atoms with van der Waals surface area (Å²) in [5.41, 5.74) is 2.01. The number of hydrogen-bond acceptors (Lipinski definition) is 4. The van der Waals surface area contributed by atoms with Crippen LogP contribution < -0.4 is 5.32 Å². The Morgan fingerprint density at radius 2 is 1.88 bits per heavy atom. The summed E-state index contributed by atoms with van der Waals surface area (Å²) >= 11 is 0. The van der Waals surface area contributed by atoms with Crippen LogP contribution in [0.15, 0.2) is 36.7 Å². The highest BCUT2D eigenvalue weighted by Gasteiger charge is 2.18. The van der Waals surface area contributed by atoms with Crippen molar-refractivity contribution in [2.45, 2.75) is 38.8 Å². The van der Waals surface area contributed by atoms with E-state index in [0.29, 0.717) is 0 Å². The fourth-order valence-electron chi connectivity index (χ4n) is 3.10. The van der Waals surface area contributed by atoms with Gasteiger partial charge in [0.05, 0.1) is 11.8 Å². The van der Waals surface area contributed by atoms with Gasteiger partial charge in [-0.05, 0) is 50.6 Å². The van der Waals surface area contributed by atoms with Gasteiger partial charge in [0.15, 0.2) is 0 Å². The van der Waals surface area contributed by atoms with Gasteiger partial charge in [-0.25, -0.2) is 4.79 Å². The normalized spacial score (nSPS) is 16.2. The van der Waals surface area contributed by atoms with E-state index in [1.54, 1.807) is 6.92 Å². The Balaban J connectivity index is 1.57. The van der Waals surface area contributed by atoms with Gasteiger partial charge in [-0.15, -0.1) is 0 Å². The molecule has 7 nitrogen and oxygen atoms in total. The predicted octanol–water partition coefficient (Wildman–Crippen LogP) is 2.77. The standard InChI is InChI=1S/C19H24N4O3/c1-14(23-13-16(11-20-23)19(25)26)18(24)21-17-7-5-15(6-8-17)12-22-9-3-2-4-10-22/h5-8,11,13-14H,2-4,9-10,12H2,1H3,(H,21,24)(H,25,26). The minimum atomic E-state index is -1.06. The molecule has 1 fully saturated rings. The number of carboxylic acid groups (broad SMARTS) is 1. The topological polar surface area (TPSA) is 87.5 Å². The van der Waals surface area contributed by atoms with Gasteiger partial charge in [0.25, 0.3) is 0 Å². The van der Waals surface area contributed by atoms with E-state index in [0.717, 1.165) is 25.3 Å². The molecule has 0 spiro atoms. The molecule has 138 valence electrons. The molecule has 1 unspecified atom stereocenters. The van der Waals surface area contributed by atoms with E-state index in [1.165, 1.54) is 41.9 Å². The number of benzene rings is 1. The molecule has 3 rings (SSSR count). The van der Waals surface area contributed by atoms with Crippen molar-refractivity contribution in [3.8, 4) is 0 Å². The summed E-state index contributed by atoms with van der Waals surface area (Å²) in [6, 6.07) is 7.26. The van der Waals surface area contributed by atoms with E-state index in [2.05, 4.69) is 15.3 Å². The van der Waals surface area contributed by atoms with Crippen LogP contribution in [0.3, 0.4) is 0 Å².